The third kappa shape index (κ3) is 7.63. The molecule has 1 N–H and O–H groups in total. The van der Waals surface area contributed by atoms with Crippen LogP contribution in [0.1, 0.15) is 6.92 Å². The van der Waals surface area contributed by atoms with Gasteiger partial charge in [0.15, 0.2) is 0 Å². The van der Waals surface area contributed by atoms with Crippen LogP contribution in [0.25, 0.3) is 0 Å². The van der Waals surface area contributed by atoms with E-state index >= 15 is 0 Å². The lowest BCUT2D eigenvalue weighted by Crippen LogP contribution is -1.78. The van der Waals surface area contributed by atoms with Crippen LogP contribution in [0.15, 0.2) is 33.6 Å². The molecule has 0 saturated carbocycles. The fourth-order valence-electron chi connectivity index (χ4n) is 0.441. The highest BCUT2D eigenvalue weighted by Gasteiger charge is 1.82. The quantitative estimate of drug-likeness (QED) is 0.694. The molecule has 0 heterocycles. The van der Waals surface area contributed by atoms with Gasteiger partial charge in [0.05, 0.1) is 0 Å². The summed E-state index contributed by atoms with van der Waals surface area (Å²) in [6.45, 7) is 1.08. The molecule has 0 aliphatic carbocycles. The van der Waals surface area contributed by atoms with E-state index in [1.165, 1.54) is 0 Å². The molecule has 2 nitrogen and oxygen atoms in total. The average Bonchev–Trinajstić information content (AvgIpc) is 1.94. The number of benzene rings is 1. The minimum atomic E-state index is -0.833. The van der Waals surface area contributed by atoms with E-state index in [9.17, 15) is 0 Å². The molecular formula is C8H9BrO2S. The molecule has 0 atom stereocenters. The Morgan fingerprint density at radius 1 is 1.42 bits per heavy atom. The van der Waals surface area contributed by atoms with Gasteiger partial charge in [-0.15, -0.1) is 12.6 Å². The molecule has 0 spiro atoms. The predicted octanol–water partition coefficient (Wildman–Crippen LogP) is 2.83. The monoisotopic (exact) mass is 248 g/mol. The maximum Gasteiger partial charge on any atom is 0.300 e. The molecule has 66 valence electrons. The molecule has 12 heavy (non-hydrogen) atoms. The van der Waals surface area contributed by atoms with Gasteiger partial charge in [-0.2, -0.15) is 0 Å². The van der Waals surface area contributed by atoms with Crippen LogP contribution in [-0.2, 0) is 4.79 Å². The minimum absolute atomic E-state index is 0.833. The van der Waals surface area contributed by atoms with Crippen molar-refractivity contribution in [3.63, 3.8) is 0 Å². The first-order chi connectivity index (χ1) is 5.52. The van der Waals surface area contributed by atoms with E-state index in [0.29, 0.717) is 0 Å². The van der Waals surface area contributed by atoms with Crippen LogP contribution in [0.5, 0.6) is 0 Å². The SMILES string of the molecule is CC(=O)O.Sc1ccc(Br)cc1. The van der Waals surface area contributed by atoms with Gasteiger partial charge in [-0.25, -0.2) is 0 Å². The second kappa shape index (κ2) is 6.08. The Balaban J connectivity index is 0.000000261. The Labute approximate surface area is 85.1 Å². The van der Waals surface area contributed by atoms with Gasteiger partial charge in [0.1, 0.15) is 0 Å². The number of thiol groups is 1. The minimum Gasteiger partial charge on any atom is -0.481 e. The van der Waals surface area contributed by atoms with E-state index in [2.05, 4.69) is 28.6 Å². The summed E-state index contributed by atoms with van der Waals surface area (Å²) in [5.74, 6) is -0.833. The number of carbonyl (C=O) groups is 1. The summed E-state index contributed by atoms with van der Waals surface area (Å²) < 4.78 is 1.09. The Hall–Kier alpha value is -0.480. The van der Waals surface area contributed by atoms with Crippen LogP contribution in [0.2, 0.25) is 0 Å². The lowest BCUT2D eigenvalue weighted by molar-refractivity contribution is -0.134. The van der Waals surface area contributed by atoms with Crippen molar-refractivity contribution in [3.05, 3.63) is 28.7 Å². The zero-order valence-electron chi connectivity index (χ0n) is 6.49. The van der Waals surface area contributed by atoms with Gasteiger partial charge in [0, 0.05) is 16.3 Å². The van der Waals surface area contributed by atoms with Gasteiger partial charge >= 0.3 is 0 Å². The number of hydrogen-bond donors (Lipinski definition) is 2. The molecule has 0 bridgehead atoms. The smallest absolute Gasteiger partial charge is 0.300 e. The van der Waals surface area contributed by atoms with Crippen LogP contribution >= 0.6 is 28.6 Å². The van der Waals surface area contributed by atoms with Crippen molar-refractivity contribution in [2.75, 3.05) is 0 Å². The van der Waals surface area contributed by atoms with Gasteiger partial charge in [-0.1, -0.05) is 15.9 Å². The molecular weight excluding hydrogens is 240 g/mol. The summed E-state index contributed by atoms with van der Waals surface area (Å²) in [6.07, 6.45) is 0. The van der Waals surface area contributed by atoms with Gasteiger partial charge in [-0.3, -0.25) is 4.79 Å². The Kier molecular flexibility index (Phi) is 5.84. The van der Waals surface area contributed by atoms with Gasteiger partial charge in [0.2, 0.25) is 0 Å². The second-order valence-electron chi connectivity index (χ2n) is 2.00. The van der Waals surface area contributed by atoms with Gasteiger partial charge < -0.3 is 5.11 Å². The number of carboxylic acids is 1. The number of aliphatic carboxylic acids is 1. The van der Waals surface area contributed by atoms with E-state index in [0.717, 1.165) is 16.3 Å². The predicted molar refractivity (Wildman–Crippen MR) is 54.7 cm³/mol. The molecule has 1 aromatic rings. The summed E-state index contributed by atoms with van der Waals surface area (Å²) in [6, 6.07) is 7.80. The largest absolute Gasteiger partial charge is 0.481 e. The third-order valence-corrected chi connectivity index (χ3v) is 1.65. The van der Waals surface area contributed by atoms with Crippen LogP contribution < -0.4 is 0 Å². The molecule has 0 saturated heterocycles. The van der Waals surface area contributed by atoms with E-state index in [-0.39, 0.29) is 0 Å². The third-order valence-electron chi connectivity index (χ3n) is 0.827. The van der Waals surface area contributed by atoms with Crippen molar-refractivity contribution in [2.24, 2.45) is 0 Å². The Bertz CT molecular complexity index is 221. The van der Waals surface area contributed by atoms with Crippen LogP contribution in [0, 0.1) is 0 Å². The van der Waals surface area contributed by atoms with E-state index in [1.807, 2.05) is 24.3 Å². The van der Waals surface area contributed by atoms with Crippen molar-refractivity contribution in [1.82, 2.24) is 0 Å². The molecule has 0 fully saturated rings. The lowest BCUT2D eigenvalue weighted by Gasteiger charge is -1.87. The molecule has 4 heteroatoms. The Morgan fingerprint density at radius 2 is 1.75 bits per heavy atom. The zero-order valence-corrected chi connectivity index (χ0v) is 8.97. The molecule has 1 rings (SSSR count). The second-order valence-corrected chi connectivity index (χ2v) is 3.43. The molecule has 0 amide bonds. The first kappa shape index (κ1) is 11.5. The summed E-state index contributed by atoms with van der Waals surface area (Å²) >= 11 is 7.42. The maximum atomic E-state index is 9.00. The first-order valence-electron chi connectivity index (χ1n) is 3.16. The fraction of sp³-hybridized carbons (Fsp3) is 0.125. The summed E-state index contributed by atoms with van der Waals surface area (Å²) in [7, 11) is 0. The highest BCUT2D eigenvalue weighted by molar-refractivity contribution is 9.10. The van der Waals surface area contributed by atoms with Crippen molar-refractivity contribution < 1.29 is 9.90 Å². The number of carboxylic acid groups (broad SMARTS) is 1. The van der Waals surface area contributed by atoms with Crippen LogP contribution in [-0.4, -0.2) is 11.1 Å². The van der Waals surface area contributed by atoms with Gasteiger partial charge in [-0.05, 0) is 24.3 Å². The standard InChI is InChI=1S/C6H5BrS.C2H4O2/c7-5-1-3-6(8)4-2-5;1-2(3)4/h1-4,8H;1H3,(H,3,4). The Morgan fingerprint density at radius 3 is 2.00 bits per heavy atom. The summed E-state index contributed by atoms with van der Waals surface area (Å²) in [4.78, 5) is 9.99. The maximum absolute atomic E-state index is 9.00. The molecule has 0 aromatic heterocycles. The zero-order chi connectivity index (χ0) is 9.56. The molecule has 0 aliphatic rings. The molecule has 1 aromatic carbocycles. The summed E-state index contributed by atoms with van der Waals surface area (Å²) in [5, 5.41) is 7.42. The van der Waals surface area contributed by atoms with Crippen LogP contribution in [0.4, 0.5) is 0 Å². The molecule has 0 aliphatic heterocycles. The molecule has 0 radical (unpaired) electrons. The van der Waals surface area contributed by atoms with Gasteiger partial charge in [0.25, 0.3) is 5.97 Å². The molecule has 0 unspecified atom stereocenters. The van der Waals surface area contributed by atoms with Crippen molar-refractivity contribution in [2.45, 2.75) is 11.8 Å². The normalized spacial score (nSPS) is 8.25. The van der Waals surface area contributed by atoms with Crippen molar-refractivity contribution in [1.29, 1.82) is 0 Å². The number of halogens is 1. The highest BCUT2D eigenvalue weighted by atomic mass is 79.9. The lowest BCUT2D eigenvalue weighted by atomic mass is 10.4. The van der Waals surface area contributed by atoms with Crippen molar-refractivity contribution in [3.8, 4) is 0 Å². The van der Waals surface area contributed by atoms with E-state index < -0.39 is 5.97 Å². The average molecular weight is 249 g/mol. The summed E-state index contributed by atoms with van der Waals surface area (Å²) in [5.41, 5.74) is 0. The number of rotatable bonds is 0. The van der Waals surface area contributed by atoms with Crippen LogP contribution in [0.3, 0.4) is 0 Å². The number of hydrogen-bond acceptors (Lipinski definition) is 2. The van der Waals surface area contributed by atoms with E-state index in [1.54, 1.807) is 0 Å². The van der Waals surface area contributed by atoms with Crippen molar-refractivity contribution >= 4 is 34.5 Å². The topological polar surface area (TPSA) is 37.3 Å². The fourth-order valence-corrected chi connectivity index (χ4v) is 0.854. The first-order valence-corrected chi connectivity index (χ1v) is 4.40. The highest BCUT2D eigenvalue weighted by Crippen LogP contribution is 2.11. The van der Waals surface area contributed by atoms with E-state index in [4.69, 9.17) is 9.90 Å².